The molecule has 5 N–H and O–H groups in total. The summed E-state index contributed by atoms with van der Waals surface area (Å²) in [5, 5.41) is 0. The highest BCUT2D eigenvalue weighted by atomic mass is 15.4. The molecule has 0 atom stereocenters. The molecule has 1 fully saturated rings. The third kappa shape index (κ3) is 1.24. The van der Waals surface area contributed by atoms with E-state index in [4.69, 9.17) is 5.73 Å². The third-order valence-corrected chi connectivity index (χ3v) is 2.41. The van der Waals surface area contributed by atoms with Crippen LogP contribution >= 0.6 is 0 Å². The molecule has 0 unspecified atom stereocenters. The Kier molecular flexibility index (Phi) is 1.58. The SMILES string of the molecule is NC1=CC(C2CCC2)=CN[NH2+]1. The monoisotopic (exact) mass is 152 g/mol. The van der Waals surface area contributed by atoms with Gasteiger partial charge in [0.2, 0.25) is 5.82 Å². The standard InChI is InChI=1S/C8H13N3/c9-8-4-7(5-10-11-8)6-2-1-3-6/h4-6,10-11H,1-3,9H2/p+1. The molecular weight excluding hydrogens is 138 g/mol. The maximum Gasteiger partial charge on any atom is 0.220 e. The van der Waals surface area contributed by atoms with Gasteiger partial charge in [0.25, 0.3) is 0 Å². The number of hydrogen-bond donors (Lipinski definition) is 3. The van der Waals surface area contributed by atoms with Crippen molar-refractivity contribution >= 4 is 0 Å². The summed E-state index contributed by atoms with van der Waals surface area (Å²) in [7, 11) is 0. The van der Waals surface area contributed by atoms with Crippen molar-refractivity contribution in [1.82, 2.24) is 5.43 Å². The Bertz CT molecular complexity index is 213. The number of quaternary nitrogens is 1. The van der Waals surface area contributed by atoms with Gasteiger partial charge in [-0.1, -0.05) is 6.42 Å². The molecule has 1 aliphatic heterocycles. The maximum atomic E-state index is 5.64. The smallest absolute Gasteiger partial charge is 0.220 e. The van der Waals surface area contributed by atoms with Crippen molar-refractivity contribution in [2.24, 2.45) is 11.7 Å². The van der Waals surface area contributed by atoms with Gasteiger partial charge in [-0.25, -0.2) is 10.9 Å². The first kappa shape index (κ1) is 6.73. The Balaban J connectivity index is 2.07. The van der Waals surface area contributed by atoms with Crippen LogP contribution in [-0.4, -0.2) is 0 Å². The van der Waals surface area contributed by atoms with Crippen molar-refractivity contribution in [3.05, 3.63) is 23.7 Å². The molecule has 0 amide bonds. The lowest BCUT2D eigenvalue weighted by Gasteiger charge is -2.27. The molecule has 2 aliphatic rings. The summed E-state index contributed by atoms with van der Waals surface area (Å²) < 4.78 is 0. The molecule has 1 heterocycles. The van der Waals surface area contributed by atoms with Gasteiger partial charge in [-0.05, 0) is 24.3 Å². The summed E-state index contributed by atoms with van der Waals surface area (Å²) in [6, 6.07) is 0. The summed E-state index contributed by atoms with van der Waals surface area (Å²) in [6.45, 7) is 0. The summed E-state index contributed by atoms with van der Waals surface area (Å²) in [4.78, 5) is 0. The fourth-order valence-corrected chi connectivity index (χ4v) is 1.49. The van der Waals surface area contributed by atoms with E-state index in [1.165, 1.54) is 24.8 Å². The summed E-state index contributed by atoms with van der Waals surface area (Å²) in [5.74, 6) is 1.61. The van der Waals surface area contributed by atoms with E-state index in [2.05, 4.69) is 17.7 Å². The van der Waals surface area contributed by atoms with Crippen LogP contribution in [0.1, 0.15) is 19.3 Å². The predicted octanol–water partition coefficient (Wildman–Crippen LogP) is -0.448. The van der Waals surface area contributed by atoms with E-state index in [1.54, 1.807) is 0 Å². The first-order chi connectivity index (χ1) is 5.36. The van der Waals surface area contributed by atoms with Crippen LogP contribution in [0, 0.1) is 5.92 Å². The lowest BCUT2D eigenvalue weighted by atomic mass is 9.79. The minimum Gasteiger partial charge on any atom is -0.353 e. The number of allylic oxidation sites excluding steroid dienone is 2. The van der Waals surface area contributed by atoms with E-state index in [0.717, 1.165) is 11.7 Å². The van der Waals surface area contributed by atoms with Crippen LogP contribution in [0.2, 0.25) is 0 Å². The highest BCUT2D eigenvalue weighted by Gasteiger charge is 2.22. The normalized spacial score (nSPS) is 24.7. The largest absolute Gasteiger partial charge is 0.353 e. The van der Waals surface area contributed by atoms with Crippen LogP contribution in [0.5, 0.6) is 0 Å². The van der Waals surface area contributed by atoms with Crippen molar-refractivity contribution in [1.29, 1.82) is 0 Å². The molecule has 1 saturated carbocycles. The molecule has 0 aromatic heterocycles. The number of nitrogens with two attached hydrogens (primary N) is 2. The van der Waals surface area contributed by atoms with Gasteiger partial charge in [0, 0.05) is 6.08 Å². The second-order valence-corrected chi connectivity index (χ2v) is 3.23. The topological polar surface area (TPSA) is 54.7 Å². The van der Waals surface area contributed by atoms with Gasteiger partial charge < -0.3 is 5.73 Å². The van der Waals surface area contributed by atoms with Gasteiger partial charge in [0.1, 0.15) is 0 Å². The minimum atomic E-state index is 0.773. The molecule has 60 valence electrons. The second-order valence-electron chi connectivity index (χ2n) is 3.23. The van der Waals surface area contributed by atoms with Gasteiger partial charge >= 0.3 is 0 Å². The highest BCUT2D eigenvalue weighted by Crippen LogP contribution is 2.33. The van der Waals surface area contributed by atoms with Gasteiger partial charge in [0.05, 0.1) is 6.20 Å². The molecule has 0 radical (unpaired) electrons. The lowest BCUT2D eigenvalue weighted by molar-refractivity contribution is -0.659. The Labute approximate surface area is 66.3 Å². The Hall–Kier alpha value is -0.960. The zero-order valence-electron chi connectivity index (χ0n) is 6.51. The van der Waals surface area contributed by atoms with E-state index in [-0.39, 0.29) is 0 Å². The van der Waals surface area contributed by atoms with Crippen LogP contribution < -0.4 is 16.6 Å². The van der Waals surface area contributed by atoms with Crippen molar-refractivity contribution in [3.63, 3.8) is 0 Å². The summed E-state index contributed by atoms with van der Waals surface area (Å²) in [6.07, 6.45) is 8.16. The van der Waals surface area contributed by atoms with E-state index >= 15 is 0 Å². The Morgan fingerprint density at radius 3 is 2.91 bits per heavy atom. The average Bonchev–Trinajstić information content (AvgIpc) is 1.83. The van der Waals surface area contributed by atoms with E-state index in [1.807, 2.05) is 5.43 Å². The third-order valence-electron chi connectivity index (χ3n) is 2.41. The molecule has 2 rings (SSSR count). The Morgan fingerprint density at radius 1 is 1.55 bits per heavy atom. The highest BCUT2D eigenvalue weighted by molar-refractivity contribution is 5.24. The lowest BCUT2D eigenvalue weighted by Crippen LogP contribution is -2.92. The van der Waals surface area contributed by atoms with Gasteiger partial charge in [-0.3, -0.25) is 0 Å². The van der Waals surface area contributed by atoms with Crippen LogP contribution in [0.15, 0.2) is 23.7 Å². The molecule has 0 saturated heterocycles. The van der Waals surface area contributed by atoms with Gasteiger partial charge in [0.15, 0.2) is 0 Å². The molecule has 3 heteroatoms. The van der Waals surface area contributed by atoms with Crippen LogP contribution in [0.3, 0.4) is 0 Å². The zero-order chi connectivity index (χ0) is 7.68. The first-order valence-corrected chi connectivity index (χ1v) is 4.13. The second kappa shape index (κ2) is 2.58. The molecule has 0 spiro atoms. The van der Waals surface area contributed by atoms with E-state index < -0.39 is 0 Å². The van der Waals surface area contributed by atoms with Crippen molar-refractivity contribution in [3.8, 4) is 0 Å². The zero-order valence-corrected chi connectivity index (χ0v) is 6.51. The molecule has 3 nitrogen and oxygen atoms in total. The van der Waals surface area contributed by atoms with Crippen molar-refractivity contribution in [2.75, 3.05) is 0 Å². The van der Waals surface area contributed by atoms with Crippen LogP contribution in [0.25, 0.3) is 0 Å². The molecule has 11 heavy (non-hydrogen) atoms. The van der Waals surface area contributed by atoms with Crippen molar-refractivity contribution < 1.29 is 5.43 Å². The molecular formula is C8H14N3+. The summed E-state index contributed by atoms with van der Waals surface area (Å²) >= 11 is 0. The summed E-state index contributed by atoms with van der Waals surface area (Å²) in [5.41, 5.74) is 11.9. The van der Waals surface area contributed by atoms with Crippen LogP contribution in [-0.2, 0) is 0 Å². The number of hydrogen-bond acceptors (Lipinski definition) is 2. The fraction of sp³-hybridized carbons (Fsp3) is 0.500. The molecule has 1 aliphatic carbocycles. The fourth-order valence-electron chi connectivity index (χ4n) is 1.49. The van der Waals surface area contributed by atoms with Crippen LogP contribution in [0.4, 0.5) is 0 Å². The number of rotatable bonds is 1. The van der Waals surface area contributed by atoms with Crippen molar-refractivity contribution in [2.45, 2.75) is 19.3 Å². The quantitative estimate of drug-likeness (QED) is 0.446. The van der Waals surface area contributed by atoms with E-state index in [0.29, 0.717) is 0 Å². The average molecular weight is 152 g/mol. The molecule has 0 bridgehead atoms. The molecule has 0 aromatic rings. The minimum absolute atomic E-state index is 0.773. The first-order valence-electron chi connectivity index (χ1n) is 4.13. The van der Waals surface area contributed by atoms with Gasteiger partial charge in [-0.2, -0.15) is 0 Å². The number of nitrogens with one attached hydrogen (secondary N) is 1. The maximum absolute atomic E-state index is 5.64. The predicted molar refractivity (Wildman–Crippen MR) is 42.8 cm³/mol. The van der Waals surface area contributed by atoms with E-state index in [9.17, 15) is 0 Å². The Morgan fingerprint density at radius 2 is 2.36 bits per heavy atom. The molecule has 0 aromatic carbocycles. The van der Waals surface area contributed by atoms with Gasteiger partial charge in [-0.15, -0.1) is 0 Å².